The molecule has 14 heavy (non-hydrogen) atoms. The Morgan fingerprint density at radius 1 is 1.57 bits per heavy atom. The van der Waals surface area contributed by atoms with Gasteiger partial charge in [0.15, 0.2) is 10.9 Å². The molecule has 1 aromatic rings. The smallest absolute Gasteiger partial charge is 0.171 e. The molecule has 1 saturated carbocycles. The molecular weight excluding hydrogens is 202 g/mol. The molecule has 1 aliphatic carbocycles. The molecule has 0 amide bonds. The van der Waals surface area contributed by atoms with Crippen molar-refractivity contribution in [1.82, 2.24) is 4.98 Å². The fraction of sp³-hybridized carbons (Fsp3) is 0.500. The minimum Gasteiger partial charge on any atom is -0.493 e. The molecule has 1 fully saturated rings. The van der Waals surface area contributed by atoms with E-state index in [4.69, 9.17) is 16.3 Å². The number of rotatable bonds is 2. The van der Waals surface area contributed by atoms with Gasteiger partial charge in [-0.15, -0.1) is 0 Å². The van der Waals surface area contributed by atoms with Crippen molar-refractivity contribution in [3.63, 3.8) is 0 Å². The van der Waals surface area contributed by atoms with Crippen molar-refractivity contribution >= 4 is 11.6 Å². The molecule has 0 atom stereocenters. The maximum atomic E-state index is 10.2. The minimum atomic E-state index is -0.752. The summed E-state index contributed by atoms with van der Waals surface area (Å²) in [5.41, 5.74) is 0.00373. The Morgan fingerprint density at radius 2 is 2.29 bits per heavy atom. The van der Waals surface area contributed by atoms with Crippen molar-refractivity contribution in [3.05, 3.63) is 23.0 Å². The number of nitrogens with zero attached hydrogens (tertiary/aromatic N) is 1. The molecule has 2 rings (SSSR count). The van der Waals surface area contributed by atoms with Crippen LogP contribution in [0.5, 0.6) is 5.75 Å². The molecule has 1 aliphatic rings. The lowest BCUT2D eigenvalue weighted by Gasteiger charge is -2.37. The van der Waals surface area contributed by atoms with Gasteiger partial charge in [-0.3, -0.25) is 0 Å². The SMILES string of the molecule is COc1c(C2(O)CCC2)ccnc1Cl. The van der Waals surface area contributed by atoms with Crippen molar-refractivity contribution in [2.75, 3.05) is 7.11 Å². The van der Waals surface area contributed by atoms with Crippen LogP contribution in [0, 0.1) is 0 Å². The quantitative estimate of drug-likeness (QED) is 0.766. The van der Waals surface area contributed by atoms with Crippen molar-refractivity contribution in [3.8, 4) is 5.75 Å². The first-order valence-corrected chi connectivity index (χ1v) is 4.96. The molecule has 0 spiro atoms. The van der Waals surface area contributed by atoms with Crippen molar-refractivity contribution < 1.29 is 9.84 Å². The summed E-state index contributed by atoms with van der Waals surface area (Å²) in [6.07, 6.45) is 4.17. The predicted molar refractivity (Wildman–Crippen MR) is 53.5 cm³/mol. The first-order valence-electron chi connectivity index (χ1n) is 4.59. The highest BCUT2D eigenvalue weighted by Gasteiger charge is 2.39. The van der Waals surface area contributed by atoms with Crippen LogP contribution in [0.25, 0.3) is 0 Å². The van der Waals surface area contributed by atoms with Crippen molar-refractivity contribution in [2.24, 2.45) is 0 Å². The summed E-state index contributed by atoms with van der Waals surface area (Å²) in [5, 5.41) is 10.5. The lowest BCUT2D eigenvalue weighted by molar-refractivity contribution is -0.0405. The van der Waals surface area contributed by atoms with Gasteiger partial charge in [-0.2, -0.15) is 0 Å². The fourth-order valence-electron chi connectivity index (χ4n) is 1.76. The highest BCUT2D eigenvalue weighted by Crippen LogP contribution is 2.45. The lowest BCUT2D eigenvalue weighted by atomic mass is 9.75. The van der Waals surface area contributed by atoms with Gasteiger partial charge >= 0.3 is 0 Å². The van der Waals surface area contributed by atoms with E-state index in [1.54, 1.807) is 12.3 Å². The monoisotopic (exact) mass is 213 g/mol. The van der Waals surface area contributed by atoms with Gasteiger partial charge < -0.3 is 9.84 Å². The summed E-state index contributed by atoms with van der Waals surface area (Å²) in [6.45, 7) is 0. The molecule has 1 N–H and O–H groups in total. The zero-order chi connectivity index (χ0) is 10.2. The van der Waals surface area contributed by atoms with Gasteiger partial charge in [0.1, 0.15) is 0 Å². The topological polar surface area (TPSA) is 42.4 Å². The molecular formula is C10H12ClNO2. The van der Waals surface area contributed by atoms with E-state index in [1.165, 1.54) is 7.11 Å². The molecule has 1 aromatic heterocycles. The highest BCUT2D eigenvalue weighted by atomic mass is 35.5. The standard InChI is InChI=1S/C10H12ClNO2/c1-14-8-7(3-6-12-9(8)11)10(13)4-2-5-10/h3,6,13H,2,4-5H2,1H3. The zero-order valence-electron chi connectivity index (χ0n) is 7.96. The Hall–Kier alpha value is -0.800. The van der Waals surface area contributed by atoms with Crippen LogP contribution in [0.4, 0.5) is 0 Å². The normalized spacial score (nSPS) is 18.8. The third kappa shape index (κ3) is 1.37. The Bertz CT molecular complexity index is 350. The second-order valence-corrected chi connectivity index (χ2v) is 3.93. The molecule has 0 aliphatic heterocycles. The minimum absolute atomic E-state index is 0.310. The van der Waals surface area contributed by atoms with Crippen LogP contribution in [0.15, 0.2) is 12.3 Å². The van der Waals surface area contributed by atoms with Crippen LogP contribution in [0.3, 0.4) is 0 Å². The van der Waals surface area contributed by atoms with Crippen LogP contribution < -0.4 is 4.74 Å². The van der Waals surface area contributed by atoms with Crippen LogP contribution in [-0.2, 0) is 5.60 Å². The number of hydrogen-bond acceptors (Lipinski definition) is 3. The van der Waals surface area contributed by atoms with E-state index >= 15 is 0 Å². The number of hydrogen-bond donors (Lipinski definition) is 1. The van der Waals surface area contributed by atoms with Gasteiger partial charge in [-0.05, 0) is 25.3 Å². The number of pyridine rings is 1. The van der Waals surface area contributed by atoms with E-state index in [-0.39, 0.29) is 0 Å². The first kappa shape index (κ1) is 9.74. The fourth-order valence-corrected chi connectivity index (χ4v) is 2.00. The summed E-state index contributed by atoms with van der Waals surface area (Å²) in [6, 6.07) is 1.77. The zero-order valence-corrected chi connectivity index (χ0v) is 8.71. The Morgan fingerprint density at radius 3 is 2.79 bits per heavy atom. The molecule has 3 nitrogen and oxygen atoms in total. The van der Waals surface area contributed by atoms with Gasteiger partial charge in [0.2, 0.25) is 0 Å². The Labute approximate surface area is 87.7 Å². The van der Waals surface area contributed by atoms with E-state index in [0.717, 1.165) is 24.8 Å². The van der Waals surface area contributed by atoms with Crippen LogP contribution >= 0.6 is 11.6 Å². The predicted octanol–water partition coefficient (Wildman–Crippen LogP) is 2.12. The summed E-state index contributed by atoms with van der Waals surface area (Å²) in [7, 11) is 1.54. The molecule has 0 bridgehead atoms. The number of methoxy groups -OCH3 is 1. The number of halogens is 1. The van der Waals surface area contributed by atoms with Gasteiger partial charge in [0.25, 0.3) is 0 Å². The maximum absolute atomic E-state index is 10.2. The molecule has 1 heterocycles. The van der Waals surface area contributed by atoms with Crippen LogP contribution in [0.2, 0.25) is 5.15 Å². The summed E-state index contributed by atoms with van der Waals surface area (Å²) < 4.78 is 5.14. The second kappa shape index (κ2) is 3.41. The largest absolute Gasteiger partial charge is 0.493 e. The summed E-state index contributed by atoms with van der Waals surface area (Å²) in [4.78, 5) is 3.91. The summed E-state index contributed by atoms with van der Waals surface area (Å²) in [5.74, 6) is 0.497. The third-order valence-electron chi connectivity index (χ3n) is 2.75. The van der Waals surface area contributed by atoms with Crippen LogP contribution in [0.1, 0.15) is 24.8 Å². The number of ether oxygens (including phenoxy) is 1. The average Bonchev–Trinajstić information content (AvgIpc) is 2.14. The van der Waals surface area contributed by atoms with E-state index in [1.807, 2.05) is 0 Å². The lowest BCUT2D eigenvalue weighted by Crippen LogP contribution is -2.34. The second-order valence-electron chi connectivity index (χ2n) is 3.57. The van der Waals surface area contributed by atoms with E-state index < -0.39 is 5.60 Å². The van der Waals surface area contributed by atoms with Gasteiger partial charge in [-0.1, -0.05) is 11.6 Å². The van der Waals surface area contributed by atoms with Gasteiger partial charge in [0, 0.05) is 11.8 Å². The Kier molecular flexibility index (Phi) is 2.37. The Balaban J connectivity index is 2.46. The molecule has 0 aromatic carbocycles. The number of aromatic nitrogens is 1. The third-order valence-corrected chi connectivity index (χ3v) is 3.02. The van der Waals surface area contributed by atoms with E-state index in [9.17, 15) is 5.11 Å². The number of aliphatic hydroxyl groups is 1. The summed E-state index contributed by atoms with van der Waals surface area (Å²) >= 11 is 5.87. The molecule has 4 heteroatoms. The molecule has 0 unspecified atom stereocenters. The molecule has 0 saturated heterocycles. The van der Waals surface area contributed by atoms with Crippen molar-refractivity contribution in [1.29, 1.82) is 0 Å². The van der Waals surface area contributed by atoms with Gasteiger partial charge in [-0.25, -0.2) is 4.98 Å². The molecule has 76 valence electrons. The molecule has 0 radical (unpaired) electrons. The van der Waals surface area contributed by atoms with E-state index in [0.29, 0.717) is 10.9 Å². The van der Waals surface area contributed by atoms with Gasteiger partial charge in [0.05, 0.1) is 12.7 Å². The van der Waals surface area contributed by atoms with Crippen LogP contribution in [-0.4, -0.2) is 17.2 Å². The highest BCUT2D eigenvalue weighted by molar-refractivity contribution is 6.30. The van der Waals surface area contributed by atoms with E-state index in [2.05, 4.69) is 4.98 Å². The van der Waals surface area contributed by atoms with Crippen molar-refractivity contribution in [2.45, 2.75) is 24.9 Å². The average molecular weight is 214 g/mol. The maximum Gasteiger partial charge on any atom is 0.171 e. The first-order chi connectivity index (χ1) is 6.67.